The first kappa shape index (κ1) is 20.9. The van der Waals surface area contributed by atoms with Crippen molar-refractivity contribution in [2.75, 3.05) is 5.32 Å². The van der Waals surface area contributed by atoms with Crippen LogP contribution in [0.1, 0.15) is 34.9 Å². The molecule has 0 aliphatic rings. The summed E-state index contributed by atoms with van der Waals surface area (Å²) in [6.45, 7) is 5.27. The van der Waals surface area contributed by atoms with Crippen molar-refractivity contribution in [1.82, 2.24) is 9.97 Å². The number of nitrogens with zero attached hydrogens (tertiary/aromatic N) is 2. The number of halogens is 2. The number of carboxylic acids is 1. The second-order valence-electron chi connectivity index (χ2n) is 5.33. The molecule has 3 aromatic rings. The first-order chi connectivity index (χ1) is 12.7. The number of hydrogen-bond donors (Lipinski definition) is 2. The zero-order valence-corrected chi connectivity index (χ0v) is 16.9. The van der Waals surface area contributed by atoms with Gasteiger partial charge in [0.25, 0.3) is 5.91 Å². The highest BCUT2D eigenvalue weighted by Crippen LogP contribution is 2.28. The van der Waals surface area contributed by atoms with Gasteiger partial charge in [-0.05, 0) is 38.5 Å². The van der Waals surface area contributed by atoms with E-state index in [1.807, 2.05) is 6.92 Å². The number of carbonyl (C=O) groups is 2. The summed E-state index contributed by atoms with van der Waals surface area (Å²) in [6.07, 6.45) is 2.87. The van der Waals surface area contributed by atoms with E-state index in [0.717, 1.165) is 10.0 Å². The van der Waals surface area contributed by atoms with Gasteiger partial charge in [-0.25, -0.2) is 19.2 Å². The van der Waals surface area contributed by atoms with Crippen molar-refractivity contribution in [3.63, 3.8) is 0 Å². The fourth-order valence-corrected chi connectivity index (χ4v) is 3.55. The van der Waals surface area contributed by atoms with Gasteiger partial charge in [-0.1, -0.05) is 11.6 Å². The molecule has 0 unspecified atom stereocenters. The lowest BCUT2D eigenvalue weighted by atomic mass is 10.2. The van der Waals surface area contributed by atoms with E-state index in [2.05, 4.69) is 15.3 Å². The molecule has 0 aliphatic heterocycles. The third kappa shape index (κ3) is 5.81. The molecule has 0 aliphatic carbocycles. The van der Waals surface area contributed by atoms with Crippen LogP contribution in [0, 0.1) is 26.6 Å². The molecular weight excluding hydrogens is 413 g/mol. The van der Waals surface area contributed by atoms with Crippen LogP contribution in [0.25, 0.3) is 0 Å². The Labute approximate surface area is 167 Å². The van der Waals surface area contributed by atoms with Gasteiger partial charge in [0.1, 0.15) is 15.6 Å². The van der Waals surface area contributed by atoms with E-state index in [9.17, 15) is 14.0 Å². The number of aryl methyl sites for hydroxylation is 3. The molecule has 6 nitrogen and oxygen atoms in total. The van der Waals surface area contributed by atoms with Crippen LogP contribution in [0.5, 0.6) is 0 Å². The fraction of sp³-hybridized carbons (Fsp3) is 0.176. The number of amides is 1. The van der Waals surface area contributed by atoms with Gasteiger partial charge in [0, 0.05) is 0 Å². The number of carboxylic acid groups (broad SMARTS) is 1. The summed E-state index contributed by atoms with van der Waals surface area (Å²) in [5.41, 5.74) is 1.00. The Kier molecular flexibility index (Phi) is 7.00. The summed E-state index contributed by atoms with van der Waals surface area (Å²) < 4.78 is 13.1. The van der Waals surface area contributed by atoms with E-state index in [0.29, 0.717) is 21.0 Å². The molecule has 0 atom stereocenters. The van der Waals surface area contributed by atoms with Crippen LogP contribution in [0.2, 0.25) is 5.02 Å². The average Bonchev–Trinajstić information content (AvgIpc) is 3.20. The molecule has 0 radical (unpaired) electrons. The van der Waals surface area contributed by atoms with Crippen LogP contribution >= 0.6 is 34.3 Å². The molecule has 2 N–H and O–H groups in total. The number of nitrogens with one attached hydrogen (secondary N) is 1. The van der Waals surface area contributed by atoms with Crippen molar-refractivity contribution in [2.24, 2.45) is 0 Å². The highest BCUT2D eigenvalue weighted by molar-refractivity contribution is 7.13. The molecule has 0 saturated heterocycles. The first-order valence-electron chi connectivity index (χ1n) is 7.52. The summed E-state index contributed by atoms with van der Waals surface area (Å²) in [7, 11) is 0. The third-order valence-electron chi connectivity index (χ3n) is 3.17. The van der Waals surface area contributed by atoms with Crippen LogP contribution in [0.4, 0.5) is 10.1 Å². The smallest absolute Gasteiger partial charge is 0.347 e. The van der Waals surface area contributed by atoms with E-state index < -0.39 is 11.8 Å². The van der Waals surface area contributed by atoms with Gasteiger partial charge in [-0.2, -0.15) is 0 Å². The summed E-state index contributed by atoms with van der Waals surface area (Å²) in [5, 5.41) is 12.8. The Bertz CT molecular complexity index is 964. The van der Waals surface area contributed by atoms with Gasteiger partial charge in [-0.3, -0.25) is 4.79 Å². The number of hydrogen-bond acceptors (Lipinski definition) is 6. The van der Waals surface area contributed by atoms with Crippen molar-refractivity contribution in [3.05, 3.63) is 60.7 Å². The SMILES string of the molecule is Cc1ncc(C(=O)Nc2c(C)cc(F)cc2Cl)s1.Cc1ncc(C(=O)O)s1. The standard InChI is InChI=1S/C12H10ClFN2OS.C5H5NO2S/c1-6-3-8(14)4-9(13)11(6)16-12(17)10-5-15-7(2)18-10;1-3-6-2-4(9-3)5(7)8/h3-5H,1-2H3,(H,16,17);2H,1H3,(H,7,8). The van der Waals surface area contributed by atoms with E-state index in [1.165, 1.54) is 47.2 Å². The largest absolute Gasteiger partial charge is 0.477 e. The summed E-state index contributed by atoms with van der Waals surface area (Å²) in [6, 6.07) is 2.49. The maximum absolute atomic E-state index is 13.1. The van der Waals surface area contributed by atoms with Crippen molar-refractivity contribution in [1.29, 1.82) is 0 Å². The Morgan fingerprint density at radius 1 is 1.07 bits per heavy atom. The van der Waals surface area contributed by atoms with Gasteiger partial charge >= 0.3 is 5.97 Å². The molecule has 10 heteroatoms. The minimum Gasteiger partial charge on any atom is -0.477 e. The zero-order chi connectivity index (χ0) is 20.1. The third-order valence-corrected chi connectivity index (χ3v) is 5.28. The summed E-state index contributed by atoms with van der Waals surface area (Å²) in [5.74, 6) is -1.62. The van der Waals surface area contributed by atoms with Crippen molar-refractivity contribution < 1.29 is 19.1 Å². The molecule has 27 heavy (non-hydrogen) atoms. The van der Waals surface area contributed by atoms with E-state index >= 15 is 0 Å². The average molecular weight is 428 g/mol. The second kappa shape index (κ2) is 9.03. The summed E-state index contributed by atoms with van der Waals surface area (Å²) >= 11 is 8.38. The van der Waals surface area contributed by atoms with Crippen LogP contribution in [0.15, 0.2) is 24.5 Å². The number of aromatic carboxylic acids is 1. The van der Waals surface area contributed by atoms with E-state index in [1.54, 1.807) is 13.8 Å². The van der Waals surface area contributed by atoms with E-state index in [-0.39, 0.29) is 10.9 Å². The molecule has 142 valence electrons. The predicted molar refractivity (Wildman–Crippen MR) is 105 cm³/mol. The number of benzene rings is 1. The van der Waals surface area contributed by atoms with Crippen LogP contribution in [-0.2, 0) is 0 Å². The minimum atomic E-state index is -0.902. The molecule has 2 aromatic heterocycles. The number of carbonyl (C=O) groups excluding carboxylic acids is 1. The van der Waals surface area contributed by atoms with E-state index in [4.69, 9.17) is 16.7 Å². The zero-order valence-electron chi connectivity index (χ0n) is 14.5. The van der Waals surface area contributed by atoms with Gasteiger partial charge in [0.05, 0.1) is 33.1 Å². The molecule has 0 bridgehead atoms. The number of anilines is 1. The number of thiazole rings is 2. The van der Waals surface area contributed by atoms with Gasteiger partial charge in [0.2, 0.25) is 0 Å². The predicted octanol–water partition coefficient (Wildman–Crippen LogP) is 4.95. The molecule has 3 rings (SSSR count). The Morgan fingerprint density at radius 3 is 2.04 bits per heavy atom. The maximum atomic E-state index is 13.1. The number of rotatable bonds is 3. The van der Waals surface area contributed by atoms with Crippen LogP contribution in [-0.4, -0.2) is 27.0 Å². The lowest BCUT2D eigenvalue weighted by molar-refractivity contribution is 0.0701. The van der Waals surface area contributed by atoms with Crippen LogP contribution < -0.4 is 5.32 Å². The monoisotopic (exact) mass is 427 g/mol. The molecule has 0 fully saturated rings. The highest BCUT2D eigenvalue weighted by atomic mass is 35.5. The van der Waals surface area contributed by atoms with Crippen molar-refractivity contribution in [2.45, 2.75) is 20.8 Å². The topological polar surface area (TPSA) is 92.2 Å². The molecule has 0 saturated carbocycles. The lowest BCUT2D eigenvalue weighted by Crippen LogP contribution is -2.11. The van der Waals surface area contributed by atoms with Crippen molar-refractivity contribution >= 4 is 51.8 Å². The summed E-state index contributed by atoms with van der Waals surface area (Å²) in [4.78, 5) is 30.7. The highest BCUT2D eigenvalue weighted by Gasteiger charge is 2.13. The van der Waals surface area contributed by atoms with Gasteiger partial charge in [0.15, 0.2) is 0 Å². The molecule has 1 aromatic carbocycles. The Hall–Kier alpha value is -2.36. The molecular formula is C17H15ClFN3O3S2. The molecule has 0 spiro atoms. The Morgan fingerprint density at radius 2 is 1.63 bits per heavy atom. The fourth-order valence-electron chi connectivity index (χ4n) is 1.96. The second-order valence-corrected chi connectivity index (χ2v) is 8.20. The number of aromatic nitrogens is 2. The first-order valence-corrected chi connectivity index (χ1v) is 9.53. The molecule has 2 heterocycles. The van der Waals surface area contributed by atoms with Crippen LogP contribution in [0.3, 0.4) is 0 Å². The van der Waals surface area contributed by atoms with Gasteiger partial charge in [-0.15, -0.1) is 22.7 Å². The minimum absolute atomic E-state index is 0.182. The lowest BCUT2D eigenvalue weighted by Gasteiger charge is -2.09. The Balaban J connectivity index is 0.000000244. The normalized spacial score (nSPS) is 10.1. The quantitative estimate of drug-likeness (QED) is 0.616. The molecule has 1 amide bonds. The van der Waals surface area contributed by atoms with Gasteiger partial charge < -0.3 is 10.4 Å². The van der Waals surface area contributed by atoms with Crippen molar-refractivity contribution in [3.8, 4) is 0 Å². The maximum Gasteiger partial charge on any atom is 0.347 e.